The Morgan fingerprint density at radius 3 is 2.20 bits per heavy atom. The van der Waals surface area contributed by atoms with E-state index in [4.69, 9.17) is 10.3 Å². The van der Waals surface area contributed by atoms with Crippen LogP contribution in [0.5, 0.6) is 0 Å². The van der Waals surface area contributed by atoms with Crippen molar-refractivity contribution in [2.75, 3.05) is 12.4 Å². The molecule has 1 aliphatic carbocycles. The lowest BCUT2D eigenvalue weighted by atomic mass is 9.91. The zero-order valence-corrected chi connectivity index (χ0v) is 16.5. The number of carbonyl (C=O) groups excluding carboxylic acids is 1. The number of carbonyl (C=O) groups is 1. The number of rotatable bonds is 6. The molecule has 0 N–H and O–H groups in total. The summed E-state index contributed by atoms with van der Waals surface area (Å²) < 4.78 is 53.3. The molecule has 0 spiro atoms. The molecule has 0 aromatic carbocycles. The lowest BCUT2D eigenvalue weighted by Gasteiger charge is -2.20. The summed E-state index contributed by atoms with van der Waals surface area (Å²) in [6.07, 6.45) is 3.47. The van der Waals surface area contributed by atoms with E-state index in [-0.39, 0.29) is 0 Å². The Labute approximate surface area is 149 Å². The number of ether oxygens (including phenoxy) is 1. The molecular formula is C15H26N2O6S2. The van der Waals surface area contributed by atoms with Gasteiger partial charge < -0.3 is 10.3 Å². The number of nitrogens with zero attached hydrogens (tertiary/aromatic N) is 2. The molecule has 0 atom stereocenters. The average molecular weight is 395 g/mol. The van der Waals surface area contributed by atoms with Crippen molar-refractivity contribution in [1.29, 1.82) is 0 Å². The van der Waals surface area contributed by atoms with Crippen molar-refractivity contribution in [2.45, 2.75) is 64.5 Å². The Hall–Kier alpha value is -1.25. The minimum absolute atomic E-state index is 0.344. The molecule has 0 aromatic heterocycles. The SMILES string of the molecule is CCC(C)(C)C(=O)OCCS(=O)(=O)C(=[N+]=[N-])S(=O)(=O)C1CCCCC1. The van der Waals surface area contributed by atoms with Crippen LogP contribution in [0.15, 0.2) is 0 Å². The highest BCUT2D eigenvalue weighted by Crippen LogP contribution is 2.26. The van der Waals surface area contributed by atoms with E-state index >= 15 is 0 Å². The summed E-state index contributed by atoms with van der Waals surface area (Å²) in [4.78, 5) is 14.4. The summed E-state index contributed by atoms with van der Waals surface area (Å²) in [5, 5.41) is -0.858. The quantitative estimate of drug-likeness (QED) is 0.221. The maximum absolute atomic E-state index is 12.5. The van der Waals surface area contributed by atoms with Gasteiger partial charge in [-0.1, -0.05) is 26.2 Å². The van der Waals surface area contributed by atoms with E-state index in [2.05, 4.69) is 4.79 Å². The molecule has 10 heteroatoms. The van der Waals surface area contributed by atoms with Crippen LogP contribution in [0.1, 0.15) is 59.3 Å². The van der Waals surface area contributed by atoms with Crippen molar-refractivity contribution < 1.29 is 31.2 Å². The molecule has 8 nitrogen and oxygen atoms in total. The largest absolute Gasteiger partial charge is 0.495 e. The van der Waals surface area contributed by atoms with E-state index < -0.39 is 53.0 Å². The van der Waals surface area contributed by atoms with Crippen molar-refractivity contribution >= 4 is 30.0 Å². The third-order valence-electron chi connectivity index (χ3n) is 4.60. The van der Waals surface area contributed by atoms with E-state index in [1.807, 2.05) is 0 Å². The van der Waals surface area contributed by atoms with Gasteiger partial charge in [-0.2, -0.15) is 0 Å². The van der Waals surface area contributed by atoms with Crippen molar-refractivity contribution in [3.8, 4) is 0 Å². The summed E-state index contributed by atoms with van der Waals surface area (Å²) >= 11 is 0. The number of hydrogen-bond donors (Lipinski definition) is 0. The van der Waals surface area contributed by atoms with Gasteiger partial charge in [-0.15, -0.1) is 4.79 Å². The van der Waals surface area contributed by atoms with Crippen LogP contribution >= 0.6 is 0 Å². The fourth-order valence-electron chi connectivity index (χ4n) is 2.49. The van der Waals surface area contributed by atoms with Gasteiger partial charge in [-0.25, -0.2) is 16.8 Å². The van der Waals surface area contributed by atoms with E-state index in [1.165, 1.54) is 0 Å². The van der Waals surface area contributed by atoms with Crippen molar-refractivity contribution in [3.63, 3.8) is 0 Å². The summed E-state index contributed by atoms with van der Waals surface area (Å²) in [6, 6.07) is 0. The third kappa shape index (κ3) is 5.36. The normalized spacial score (nSPS) is 16.9. The molecular weight excluding hydrogens is 368 g/mol. The molecule has 0 unspecified atom stereocenters. The molecule has 0 aliphatic heterocycles. The fourth-order valence-corrected chi connectivity index (χ4v) is 6.51. The zero-order chi connectivity index (χ0) is 19.3. The first-order chi connectivity index (χ1) is 11.5. The van der Waals surface area contributed by atoms with Crippen molar-refractivity contribution in [1.82, 2.24) is 0 Å². The van der Waals surface area contributed by atoms with Crippen LogP contribution < -0.4 is 0 Å². The van der Waals surface area contributed by atoms with Gasteiger partial charge in [-0.05, 0) is 33.1 Å². The predicted octanol–water partition coefficient (Wildman–Crippen LogP) is 1.71. The molecule has 0 heterocycles. The van der Waals surface area contributed by atoms with Gasteiger partial charge in [0, 0.05) is 0 Å². The van der Waals surface area contributed by atoms with Crippen LogP contribution in [0.2, 0.25) is 0 Å². The summed E-state index contributed by atoms with van der Waals surface area (Å²) in [7, 11) is -8.64. The van der Waals surface area contributed by atoms with Gasteiger partial charge in [-0.3, -0.25) is 4.79 Å². The van der Waals surface area contributed by atoms with Gasteiger partial charge in [0.2, 0.25) is 0 Å². The van der Waals surface area contributed by atoms with E-state index in [9.17, 15) is 21.6 Å². The molecule has 1 rings (SSSR count). The van der Waals surface area contributed by atoms with Crippen molar-refractivity contribution in [2.24, 2.45) is 5.41 Å². The Kier molecular flexibility index (Phi) is 7.34. The topological polar surface area (TPSA) is 131 Å². The Morgan fingerprint density at radius 2 is 1.72 bits per heavy atom. The first kappa shape index (κ1) is 21.8. The van der Waals surface area contributed by atoms with Crippen LogP contribution in [0.4, 0.5) is 0 Å². The first-order valence-electron chi connectivity index (χ1n) is 8.35. The van der Waals surface area contributed by atoms with Crippen LogP contribution in [0, 0.1) is 5.41 Å². The number of sulfone groups is 2. The van der Waals surface area contributed by atoms with E-state index in [0.717, 1.165) is 6.42 Å². The van der Waals surface area contributed by atoms with Gasteiger partial charge in [0.25, 0.3) is 19.7 Å². The smallest absolute Gasteiger partial charge is 0.464 e. The van der Waals surface area contributed by atoms with Gasteiger partial charge in [0.05, 0.1) is 16.4 Å². The van der Waals surface area contributed by atoms with Gasteiger partial charge in [0.15, 0.2) is 0 Å². The molecule has 0 saturated heterocycles. The highest BCUT2D eigenvalue weighted by Gasteiger charge is 2.46. The molecule has 25 heavy (non-hydrogen) atoms. The van der Waals surface area contributed by atoms with Gasteiger partial charge >= 0.3 is 10.3 Å². The zero-order valence-electron chi connectivity index (χ0n) is 14.9. The monoisotopic (exact) mass is 394 g/mol. The van der Waals surface area contributed by atoms with Crippen LogP contribution in [-0.4, -0.2) is 49.6 Å². The molecule has 1 saturated carbocycles. The lowest BCUT2D eigenvalue weighted by molar-refractivity contribution is -0.153. The maximum Gasteiger partial charge on any atom is 0.495 e. The number of hydrogen-bond acceptors (Lipinski definition) is 6. The predicted molar refractivity (Wildman–Crippen MR) is 93.2 cm³/mol. The highest BCUT2D eigenvalue weighted by atomic mass is 32.3. The second kappa shape index (κ2) is 8.42. The molecule has 0 radical (unpaired) electrons. The van der Waals surface area contributed by atoms with E-state index in [0.29, 0.717) is 32.1 Å². The summed E-state index contributed by atoms with van der Waals surface area (Å²) in [5.41, 5.74) is 8.27. The molecule has 144 valence electrons. The van der Waals surface area contributed by atoms with Crippen LogP contribution in [0.3, 0.4) is 0 Å². The Morgan fingerprint density at radius 1 is 1.16 bits per heavy atom. The highest BCUT2D eigenvalue weighted by molar-refractivity contribution is 8.31. The molecule has 1 aliphatic rings. The second-order valence-corrected chi connectivity index (χ2v) is 11.3. The molecule has 0 amide bonds. The molecule has 1 fully saturated rings. The standard InChI is InChI=1S/C15H26N2O6S2/c1-4-15(2,3)13(18)23-10-11-24(19,20)14(17-16)25(21,22)12-8-6-5-7-9-12/h12H,4-11H2,1-3H3. The number of esters is 1. The Bertz CT molecular complexity index is 743. The first-order valence-corrected chi connectivity index (χ1v) is 11.5. The summed E-state index contributed by atoms with van der Waals surface area (Å²) in [5.74, 6) is -1.31. The second-order valence-electron chi connectivity index (χ2n) is 6.86. The molecule has 0 bridgehead atoms. The average Bonchev–Trinajstić information content (AvgIpc) is 2.55. The third-order valence-corrected chi connectivity index (χ3v) is 9.30. The maximum atomic E-state index is 12.5. The molecule has 0 aromatic rings. The van der Waals surface area contributed by atoms with E-state index in [1.54, 1.807) is 20.8 Å². The Balaban J connectivity index is 2.85. The fraction of sp³-hybridized carbons (Fsp3) is 0.867. The van der Waals surface area contributed by atoms with Gasteiger partial charge in [0.1, 0.15) is 6.61 Å². The lowest BCUT2D eigenvalue weighted by Crippen LogP contribution is -2.37. The summed E-state index contributed by atoms with van der Waals surface area (Å²) in [6.45, 7) is 4.63. The minimum Gasteiger partial charge on any atom is -0.464 e. The minimum atomic E-state index is -4.39. The van der Waals surface area contributed by atoms with Crippen LogP contribution in [0.25, 0.3) is 5.53 Å². The van der Waals surface area contributed by atoms with Crippen molar-refractivity contribution in [3.05, 3.63) is 5.53 Å². The van der Waals surface area contributed by atoms with Crippen LogP contribution in [-0.2, 0) is 29.2 Å².